The molecule has 0 atom stereocenters. The van der Waals surface area contributed by atoms with Gasteiger partial charge in [0.15, 0.2) is 5.69 Å². The summed E-state index contributed by atoms with van der Waals surface area (Å²) < 4.78 is 27.5. The molecule has 8 nitrogen and oxygen atoms in total. The number of amides is 1. The van der Waals surface area contributed by atoms with Crippen LogP contribution in [0.3, 0.4) is 0 Å². The Bertz CT molecular complexity index is 1380. The summed E-state index contributed by atoms with van der Waals surface area (Å²) in [5.41, 5.74) is 0.511. The first kappa shape index (κ1) is 19.3. The molecule has 0 unspecified atom stereocenters. The molecule has 0 saturated carbocycles. The minimum atomic E-state index is -3.76. The SMILES string of the molecule is O=C(Nc1ccc(S(=O)(=O)Nc2ccccc2)cc1)c1n[nH]c(=O)c2ccccc12. The number of benzene rings is 3. The van der Waals surface area contributed by atoms with Crippen LogP contribution in [0.1, 0.15) is 10.5 Å². The molecule has 0 aliphatic carbocycles. The van der Waals surface area contributed by atoms with E-state index in [4.69, 9.17) is 0 Å². The third kappa shape index (κ3) is 3.91. The highest BCUT2D eigenvalue weighted by molar-refractivity contribution is 7.92. The van der Waals surface area contributed by atoms with Crippen molar-refractivity contribution in [3.05, 3.63) is 94.9 Å². The molecule has 4 rings (SSSR count). The number of fused-ring (bicyclic) bond motifs is 1. The molecule has 0 aliphatic heterocycles. The van der Waals surface area contributed by atoms with Crippen LogP contribution in [0.25, 0.3) is 10.8 Å². The second-order valence-corrected chi connectivity index (χ2v) is 8.08. The highest BCUT2D eigenvalue weighted by Crippen LogP contribution is 2.19. The third-order valence-corrected chi connectivity index (χ3v) is 5.76. The number of anilines is 2. The summed E-state index contributed by atoms with van der Waals surface area (Å²) >= 11 is 0. The normalized spacial score (nSPS) is 11.2. The smallest absolute Gasteiger partial charge is 0.276 e. The molecule has 30 heavy (non-hydrogen) atoms. The van der Waals surface area contributed by atoms with Crippen LogP contribution in [0.4, 0.5) is 11.4 Å². The number of hydrogen-bond acceptors (Lipinski definition) is 5. The average Bonchev–Trinajstić information content (AvgIpc) is 2.75. The van der Waals surface area contributed by atoms with Crippen molar-refractivity contribution in [1.29, 1.82) is 0 Å². The quantitative estimate of drug-likeness (QED) is 0.458. The molecule has 0 bridgehead atoms. The summed E-state index contributed by atoms with van der Waals surface area (Å²) in [6.45, 7) is 0. The van der Waals surface area contributed by atoms with Gasteiger partial charge in [-0.15, -0.1) is 0 Å². The van der Waals surface area contributed by atoms with Gasteiger partial charge in [-0.3, -0.25) is 14.3 Å². The van der Waals surface area contributed by atoms with Gasteiger partial charge in [-0.1, -0.05) is 36.4 Å². The number of hydrogen-bond donors (Lipinski definition) is 3. The largest absolute Gasteiger partial charge is 0.321 e. The first-order chi connectivity index (χ1) is 14.4. The highest BCUT2D eigenvalue weighted by Gasteiger charge is 2.16. The van der Waals surface area contributed by atoms with Crippen LogP contribution in [-0.4, -0.2) is 24.5 Å². The number of para-hydroxylation sites is 1. The van der Waals surface area contributed by atoms with Crippen molar-refractivity contribution in [2.75, 3.05) is 10.0 Å². The minimum Gasteiger partial charge on any atom is -0.321 e. The molecule has 150 valence electrons. The first-order valence-corrected chi connectivity index (χ1v) is 10.4. The second-order valence-electron chi connectivity index (χ2n) is 6.40. The number of nitrogens with zero attached hydrogens (tertiary/aromatic N) is 1. The monoisotopic (exact) mass is 420 g/mol. The van der Waals surface area contributed by atoms with Gasteiger partial charge in [0.05, 0.1) is 10.3 Å². The standard InChI is InChI=1S/C21H16N4O4S/c26-20-18-9-5-4-8-17(18)19(23-24-20)21(27)22-14-10-12-16(13-11-14)30(28,29)25-15-6-2-1-3-7-15/h1-13,25H,(H,22,27)(H,24,26). The van der Waals surface area contributed by atoms with Gasteiger partial charge in [0, 0.05) is 16.8 Å². The van der Waals surface area contributed by atoms with E-state index in [0.29, 0.717) is 22.1 Å². The van der Waals surface area contributed by atoms with Crippen LogP contribution in [-0.2, 0) is 10.0 Å². The Kier molecular flexibility index (Phi) is 5.03. The lowest BCUT2D eigenvalue weighted by Crippen LogP contribution is -2.19. The van der Waals surface area contributed by atoms with Crippen molar-refractivity contribution in [2.45, 2.75) is 4.90 Å². The van der Waals surface area contributed by atoms with E-state index in [9.17, 15) is 18.0 Å². The Hall–Kier alpha value is -3.98. The minimum absolute atomic E-state index is 0.0527. The zero-order valence-electron chi connectivity index (χ0n) is 15.5. The topological polar surface area (TPSA) is 121 Å². The summed E-state index contributed by atoms with van der Waals surface area (Å²) in [5, 5.41) is 9.59. The van der Waals surface area contributed by atoms with Gasteiger partial charge in [0.2, 0.25) is 0 Å². The molecule has 0 radical (unpaired) electrons. The fourth-order valence-electron chi connectivity index (χ4n) is 2.92. The Labute approximate surface area is 171 Å². The second kappa shape index (κ2) is 7.80. The maximum absolute atomic E-state index is 12.6. The van der Waals surface area contributed by atoms with E-state index in [0.717, 1.165) is 0 Å². The Morgan fingerprint density at radius 1 is 0.800 bits per heavy atom. The summed E-state index contributed by atoms with van der Waals surface area (Å²) in [4.78, 5) is 24.6. The number of H-pyrrole nitrogens is 1. The summed E-state index contributed by atoms with van der Waals surface area (Å²) in [7, 11) is -3.76. The fraction of sp³-hybridized carbons (Fsp3) is 0. The van der Waals surface area contributed by atoms with Gasteiger partial charge in [-0.05, 0) is 42.5 Å². The maximum atomic E-state index is 12.6. The Morgan fingerprint density at radius 2 is 1.43 bits per heavy atom. The Morgan fingerprint density at radius 3 is 2.13 bits per heavy atom. The van der Waals surface area contributed by atoms with Crippen LogP contribution in [0.2, 0.25) is 0 Å². The molecule has 0 fully saturated rings. The Balaban J connectivity index is 1.55. The zero-order chi connectivity index (χ0) is 21.1. The molecular formula is C21H16N4O4S. The van der Waals surface area contributed by atoms with Crippen LogP contribution in [0.5, 0.6) is 0 Å². The lowest BCUT2D eigenvalue weighted by Gasteiger charge is -2.10. The van der Waals surface area contributed by atoms with Gasteiger partial charge in [0.1, 0.15) is 0 Å². The van der Waals surface area contributed by atoms with Gasteiger partial charge < -0.3 is 5.32 Å². The molecule has 9 heteroatoms. The number of rotatable bonds is 5. The van der Waals surface area contributed by atoms with Crippen LogP contribution in [0, 0.1) is 0 Å². The van der Waals surface area contributed by atoms with Crippen LogP contribution >= 0.6 is 0 Å². The number of carbonyl (C=O) groups is 1. The number of aromatic nitrogens is 2. The van der Waals surface area contributed by atoms with Gasteiger partial charge in [-0.25, -0.2) is 13.5 Å². The lowest BCUT2D eigenvalue weighted by atomic mass is 10.1. The van der Waals surface area contributed by atoms with Crippen molar-refractivity contribution in [2.24, 2.45) is 0 Å². The molecule has 3 aromatic carbocycles. The molecule has 0 saturated heterocycles. The number of sulfonamides is 1. The molecule has 1 heterocycles. The van der Waals surface area contributed by atoms with Crippen molar-refractivity contribution in [3.8, 4) is 0 Å². The molecule has 1 aromatic heterocycles. The van der Waals surface area contributed by atoms with Gasteiger partial charge >= 0.3 is 0 Å². The molecular weight excluding hydrogens is 404 g/mol. The predicted octanol–water partition coefficient (Wildman–Crippen LogP) is 2.98. The van der Waals surface area contributed by atoms with Crippen molar-refractivity contribution >= 4 is 38.1 Å². The molecule has 3 N–H and O–H groups in total. The number of carbonyl (C=O) groups excluding carboxylic acids is 1. The number of aromatic amines is 1. The van der Waals surface area contributed by atoms with Gasteiger partial charge in [0.25, 0.3) is 21.5 Å². The fourth-order valence-corrected chi connectivity index (χ4v) is 3.97. The van der Waals surface area contributed by atoms with E-state index in [1.165, 1.54) is 24.3 Å². The van der Waals surface area contributed by atoms with E-state index in [-0.39, 0.29) is 16.1 Å². The number of nitrogens with one attached hydrogen (secondary N) is 3. The first-order valence-electron chi connectivity index (χ1n) is 8.91. The molecule has 0 spiro atoms. The van der Waals surface area contributed by atoms with Crippen LogP contribution < -0.4 is 15.6 Å². The van der Waals surface area contributed by atoms with E-state index in [2.05, 4.69) is 20.2 Å². The third-order valence-electron chi connectivity index (χ3n) is 4.36. The van der Waals surface area contributed by atoms with Crippen molar-refractivity contribution in [3.63, 3.8) is 0 Å². The van der Waals surface area contributed by atoms with E-state index < -0.39 is 15.9 Å². The predicted molar refractivity (Wildman–Crippen MR) is 114 cm³/mol. The lowest BCUT2D eigenvalue weighted by molar-refractivity contribution is 0.102. The average molecular weight is 420 g/mol. The summed E-state index contributed by atoms with van der Waals surface area (Å²) in [6.07, 6.45) is 0. The maximum Gasteiger partial charge on any atom is 0.276 e. The highest BCUT2D eigenvalue weighted by atomic mass is 32.2. The van der Waals surface area contributed by atoms with E-state index >= 15 is 0 Å². The van der Waals surface area contributed by atoms with Crippen molar-refractivity contribution in [1.82, 2.24) is 10.2 Å². The van der Waals surface area contributed by atoms with Crippen molar-refractivity contribution < 1.29 is 13.2 Å². The van der Waals surface area contributed by atoms with Crippen LogP contribution in [0.15, 0.2) is 88.6 Å². The molecule has 0 aliphatic rings. The van der Waals surface area contributed by atoms with E-state index in [1.54, 1.807) is 54.6 Å². The zero-order valence-corrected chi connectivity index (χ0v) is 16.3. The van der Waals surface area contributed by atoms with E-state index in [1.807, 2.05) is 0 Å². The molecule has 4 aromatic rings. The molecule has 1 amide bonds. The summed E-state index contributed by atoms with van der Waals surface area (Å²) in [5.74, 6) is -0.527. The summed E-state index contributed by atoms with van der Waals surface area (Å²) in [6, 6.07) is 20.9. The van der Waals surface area contributed by atoms with Gasteiger partial charge in [-0.2, -0.15) is 5.10 Å².